The summed E-state index contributed by atoms with van der Waals surface area (Å²) in [7, 11) is 3.89. The smallest absolute Gasteiger partial charge is 0.394 e. The van der Waals surface area contributed by atoms with E-state index in [2.05, 4.69) is 10.3 Å². The second kappa shape index (κ2) is 9.60. The Labute approximate surface area is 143 Å². The van der Waals surface area contributed by atoms with Crippen LogP contribution in [0.2, 0.25) is 0 Å². The minimum absolute atomic E-state index is 0.0972. The number of hydrogen-bond acceptors (Lipinski definition) is 7. The number of rotatable bonds is 4. The van der Waals surface area contributed by atoms with Gasteiger partial charge in [0.2, 0.25) is 0 Å². The number of carbonyl (C=O) groups is 2. The van der Waals surface area contributed by atoms with Crippen LogP contribution in [0.3, 0.4) is 0 Å². The largest absolute Gasteiger partial charge is 0.474 e. The molecule has 0 saturated heterocycles. The lowest BCUT2D eigenvalue weighted by Gasteiger charge is -2.12. The third kappa shape index (κ3) is 5.95. The summed E-state index contributed by atoms with van der Waals surface area (Å²) in [5.41, 5.74) is 7.41. The third-order valence-corrected chi connectivity index (χ3v) is 3.46. The Kier molecular flexibility index (Phi) is 7.83. The molecule has 1 heterocycles. The van der Waals surface area contributed by atoms with Crippen LogP contribution in [-0.2, 0) is 9.59 Å². The second-order valence-electron chi connectivity index (χ2n) is 4.75. The molecule has 24 heavy (non-hydrogen) atoms. The van der Waals surface area contributed by atoms with Crippen LogP contribution in [0, 0.1) is 0 Å². The number of thiazole rings is 1. The molecule has 130 valence electrons. The van der Waals surface area contributed by atoms with Crippen molar-refractivity contribution in [2.45, 2.75) is 0 Å². The van der Waals surface area contributed by atoms with Crippen molar-refractivity contribution in [3.63, 3.8) is 0 Å². The molecule has 1 amide bonds. The van der Waals surface area contributed by atoms with Gasteiger partial charge >= 0.3 is 11.9 Å². The van der Waals surface area contributed by atoms with Crippen LogP contribution in [0.15, 0.2) is 29.6 Å². The Morgan fingerprint density at radius 3 is 2.58 bits per heavy atom. The van der Waals surface area contributed by atoms with Crippen LogP contribution in [0.4, 0.5) is 10.8 Å². The molecule has 1 aromatic heterocycles. The molecule has 0 saturated carbocycles. The lowest BCUT2D eigenvalue weighted by molar-refractivity contribution is -0.147. The number of hydrogen-bond donors (Lipinski definition) is 4. The molecular weight excluding hydrogens is 332 g/mol. The predicted molar refractivity (Wildman–Crippen MR) is 94.3 cm³/mol. The SMILES string of the molecule is CN(C)c1cccc(-c2csc(NC(=O)C(=O)O)n2)c1.NCCO. The molecule has 0 spiro atoms. The van der Waals surface area contributed by atoms with Gasteiger partial charge in [-0.15, -0.1) is 11.3 Å². The number of amides is 1. The van der Waals surface area contributed by atoms with Crippen molar-refractivity contribution in [1.29, 1.82) is 0 Å². The van der Waals surface area contributed by atoms with E-state index < -0.39 is 11.9 Å². The van der Waals surface area contributed by atoms with Gasteiger partial charge in [0.25, 0.3) is 0 Å². The molecule has 1 aromatic carbocycles. The maximum Gasteiger partial charge on any atom is 0.394 e. The Bertz CT molecular complexity index is 686. The van der Waals surface area contributed by atoms with E-state index in [9.17, 15) is 9.59 Å². The minimum atomic E-state index is -1.53. The molecule has 0 bridgehead atoms. The van der Waals surface area contributed by atoms with Gasteiger partial charge in [0.1, 0.15) is 0 Å². The Morgan fingerprint density at radius 2 is 2.04 bits per heavy atom. The van der Waals surface area contributed by atoms with E-state index in [-0.39, 0.29) is 11.7 Å². The zero-order valence-corrected chi connectivity index (χ0v) is 14.2. The summed E-state index contributed by atoms with van der Waals surface area (Å²) in [6, 6.07) is 7.77. The third-order valence-electron chi connectivity index (χ3n) is 2.71. The molecule has 8 nitrogen and oxygen atoms in total. The number of anilines is 2. The molecule has 0 aliphatic carbocycles. The van der Waals surface area contributed by atoms with Crippen molar-refractivity contribution < 1.29 is 19.8 Å². The highest BCUT2D eigenvalue weighted by Gasteiger charge is 2.14. The van der Waals surface area contributed by atoms with Crippen LogP contribution in [-0.4, -0.2) is 54.3 Å². The quantitative estimate of drug-likeness (QED) is 0.600. The van der Waals surface area contributed by atoms with Gasteiger partial charge < -0.3 is 20.8 Å². The first-order valence-corrected chi connectivity index (χ1v) is 7.85. The van der Waals surface area contributed by atoms with E-state index in [4.69, 9.17) is 15.9 Å². The van der Waals surface area contributed by atoms with E-state index in [1.165, 1.54) is 11.3 Å². The molecule has 0 aliphatic rings. The van der Waals surface area contributed by atoms with Gasteiger partial charge in [-0.2, -0.15) is 0 Å². The van der Waals surface area contributed by atoms with E-state index in [1.807, 2.05) is 43.3 Å². The van der Waals surface area contributed by atoms with Gasteiger partial charge in [-0.3, -0.25) is 10.1 Å². The van der Waals surface area contributed by atoms with Crippen LogP contribution >= 0.6 is 11.3 Å². The van der Waals surface area contributed by atoms with Crippen molar-refractivity contribution in [2.24, 2.45) is 5.73 Å². The summed E-state index contributed by atoms with van der Waals surface area (Å²) in [5, 5.41) is 20.5. The van der Waals surface area contributed by atoms with Crippen molar-refractivity contribution in [3.05, 3.63) is 29.6 Å². The number of nitrogens with zero attached hydrogens (tertiary/aromatic N) is 2. The van der Waals surface area contributed by atoms with Crippen LogP contribution in [0.1, 0.15) is 0 Å². The number of carbonyl (C=O) groups excluding carboxylic acids is 1. The number of aliphatic hydroxyl groups excluding tert-OH is 1. The number of aliphatic hydroxyl groups is 1. The Hall–Kier alpha value is -2.49. The van der Waals surface area contributed by atoms with E-state index in [1.54, 1.807) is 5.38 Å². The standard InChI is InChI=1S/C13H13N3O3S.C2H7NO/c1-16(2)9-5-3-4-8(6-9)10-7-20-13(14-10)15-11(17)12(18)19;3-1-2-4/h3-7H,1-2H3,(H,18,19)(H,14,15,17);4H,1-3H2. The zero-order chi connectivity index (χ0) is 18.1. The molecule has 2 aromatic rings. The number of aliphatic carboxylic acids is 1. The highest BCUT2D eigenvalue weighted by molar-refractivity contribution is 7.14. The lowest BCUT2D eigenvalue weighted by Crippen LogP contribution is -2.21. The number of carboxylic acid groups (broad SMARTS) is 1. The van der Waals surface area contributed by atoms with Gasteiger partial charge in [-0.1, -0.05) is 12.1 Å². The van der Waals surface area contributed by atoms with Gasteiger partial charge in [0, 0.05) is 37.3 Å². The first-order valence-electron chi connectivity index (χ1n) is 6.97. The van der Waals surface area contributed by atoms with Crippen LogP contribution in [0.25, 0.3) is 11.3 Å². The van der Waals surface area contributed by atoms with E-state index in [0.29, 0.717) is 12.2 Å². The fraction of sp³-hybridized carbons (Fsp3) is 0.267. The normalized spacial score (nSPS) is 9.67. The summed E-state index contributed by atoms with van der Waals surface area (Å²) in [5.74, 6) is -2.62. The van der Waals surface area contributed by atoms with E-state index in [0.717, 1.165) is 11.3 Å². The monoisotopic (exact) mass is 352 g/mol. The highest BCUT2D eigenvalue weighted by Crippen LogP contribution is 2.27. The van der Waals surface area contributed by atoms with Crippen molar-refractivity contribution in [3.8, 4) is 11.3 Å². The zero-order valence-electron chi connectivity index (χ0n) is 13.4. The van der Waals surface area contributed by atoms with Crippen LogP contribution < -0.4 is 16.0 Å². The lowest BCUT2D eigenvalue weighted by atomic mass is 10.1. The Balaban J connectivity index is 0.000000648. The molecule has 0 unspecified atom stereocenters. The predicted octanol–water partition coefficient (Wildman–Crippen LogP) is 0.837. The molecule has 5 N–H and O–H groups in total. The molecule has 0 radical (unpaired) electrons. The Morgan fingerprint density at radius 1 is 1.38 bits per heavy atom. The maximum absolute atomic E-state index is 11.1. The second-order valence-corrected chi connectivity index (χ2v) is 5.61. The fourth-order valence-corrected chi connectivity index (χ4v) is 2.27. The summed E-state index contributed by atoms with van der Waals surface area (Å²) >= 11 is 1.18. The van der Waals surface area contributed by atoms with Gasteiger partial charge in [0.15, 0.2) is 5.13 Å². The molecule has 9 heteroatoms. The number of nitrogens with two attached hydrogens (primary N) is 1. The van der Waals surface area contributed by atoms with Gasteiger partial charge in [-0.25, -0.2) is 9.78 Å². The molecule has 0 fully saturated rings. The van der Waals surface area contributed by atoms with Gasteiger partial charge in [-0.05, 0) is 12.1 Å². The maximum atomic E-state index is 11.1. The highest BCUT2D eigenvalue weighted by atomic mass is 32.1. The summed E-state index contributed by atoms with van der Waals surface area (Å²) in [6.07, 6.45) is 0. The van der Waals surface area contributed by atoms with Crippen molar-refractivity contribution in [1.82, 2.24) is 4.98 Å². The summed E-state index contributed by atoms with van der Waals surface area (Å²) in [6.45, 7) is 0.472. The van der Waals surface area contributed by atoms with E-state index >= 15 is 0 Å². The molecule has 0 aliphatic heterocycles. The first kappa shape index (κ1) is 19.6. The summed E-state index contributed by atoms with van der Waals surface area (Å²) in [4.78, 5) is 27.7. The topological polar surface area (TPSA) is 129 Å². The molecule has 0 atom stereocenters. The first-order chi connectivity index (χ1) is 11.4. The van der Waals surface area contributed by atoms with Gasteiger partial charge in [0.05, 0.1) is 12.3 Å². The minimum Gasteiger partial charge on any atom is -0.474 e. The molecule has 2 rings (SSSR count). The average molecular weight is 352 g/mol. The van der Waals surface area contributed by atoms with Crippen molar-refractivity contribution in [2.75, 3.05) is 37.5 Å². The van der Waals surface area contributed by atoms with Crippen LogP contribution in [0.5, 0.6) is 0 Å². The average Bonchev–Trinajstić information content (AvgIpc) is 3.03. The number of benzene rings is 1. The molecular formula is C15H20N4O4S. The number of carboxylic acids is 1. The number of nitrogens with one attached hydrogen (secondary N) is 1. The summed E-state index contributed by atoms with van der Waals surface area (Å²) < 4.78 is 0. The number of aromatic nitrogens is 1. The fourth-order valence-electron chi connectivity index (χ4n) is 1.56. The van der Waals surface area contributed by atoms with Crippen molar-refractivity contribution >= 4 is 34.0 Å².